The lowest BCUT2D eigenvalue weighted by Crippen LogP contribution is -2.25. The number of hydrazone groups is 1. The summed E-state index contributed by atoms with van der Waals surface area (Å²) in [6.45, 7) is 3.82. The minimum absolute atomic E-state index is 0.664. The van der Waals surface area contributed by atoms with Crippen LogP contribution in [0.4, 0.5) is 4.79 Å². The van der Waals surface area contributed by atoms with Gasteiger partial charge in [-0.05, 0) is 25.5 Å². The van der Waals surface area contributed by atoms with Gasteiger partial charge in [-0.1, -0.05) is 35.9 Å². The van der Waals surface area contributed by atoms with E-state index in [1.165, 1.54) is 5.56 Å². The Bertz CT molecular complexity index is 418. The zero-order chi connectivity index (χ0) is 12.0. The third-order valence-electron chi connectivity index (χ3n) is 1.94. The van der Waals surface area contributed by atoms with Crippen molar-refractivity contribution in [1.82, 2.24) is 5.43 Å². The van der Waals surface area contributed by atoms with Gasteiger partial charge in [-0.2, -0.15) is 5.10 Å². The second-order valence-corrected chi connectivity index (χ2v) is 3.47. The Kier molecular flexibility index (Phi) is 4.27. The average Bonchev–Trinajstić information content (AvgIpc) is 2.25. The maximum atomic E-state index is 10.4. The SMILES string of the molecule is C/C(C=Cc1ccc(C)cc1)=N\NC(N)=O. The summed E-state index contributed by atoms with van der Waals surface area (Å²) in [5, 5.41) is 3.76. The van der Waals surface area contributed by atoms with E-state index >= 15 is 0 Å². The number of nitrogens with one attached hydrogen (secondary N) is 1. The molecule has 1 aromatic carbocycles. The van der Waals surface area contributed by atoms with Gasteiger partial charge in [0.05, 0.1) is 5.71 Å². The molecule has 0 spiro atoms. The monoisotopic (exact) mass is 217 g/mol. The smallest absolute Gasteiger partial charge is 0.332 e. The summed E-state index contributed by atoms with van der Waals surface area (Å²) in [5.74, 6) is 0. The topological polar surface area (TPSA) is 67.5 Å². The Morgan fingerprint density at radius 2 is 2.00 bits per heavy atom. The first-order valence-electron chi connectivity index (χ1n) is 4.92. The highest BCUT2D eigenvalue weighted by Crippen LogP contribution is 2.04. The predicted molar refractivity (Wildman–Crippen MR) is 66.0 cm³/mol. The van der Waals surface area contributed by atoms with Crippen molar-refractivity contribution in [3.63, 3.8) is 0 Å². The van der Waals surface area contributed by atoms with Crippen molar-refractivity contribution in [2.24, 2.45) is 10.8 Å². The number of amides is 2. The molecule has 0 aromatic heterocycles. The second-order valence-electron chi connectivity index (χ2n) is 3.47. The lowest BCUT2D eigenvalue weighted by atomic mass is 10.1. The van der Waals surface area contributed by atoms with Crippen molar-refractivity contribution in [3.05, 3.63) is 41.5 Å². The van der Waals surface area contributed by atoms with Gasteiger partial charge in [0.1, 0.15) is 0 Å². The first kappa shape index (κ1) is 12.0. The van der Waals surface area contributed by atoms with Crippen LogP contribution in [-0.4, -0.2) is 11.7 Å². The Hall–Kier alpha value is -2.10. The van der Waals surface area contributed by atoms with Gasteiger partial charge >= 0.3 is 6.03 Å². The molecule has 0 saturated heterocycles. The third kappa shape index (κ3) is 4.41. The summed E-state index contributed by atoms with van der Waals surface area (Å²) in [6, 6.07) is 7.44. The Labute approximate surface area is 94.8 Å². The van der Waals surface area contributed by atoms with Crippen LogP contribution in [0.1, 0.15) is 18.1 Å². The molecule has 0 aliphatic rings. The van der Waals surface area contributed by atoms with Crippen LogP contribution >= 0.6 is 0 Å². The van der Waals surface area contributed by atoms with E-state index in [1.807, 2.05) is 37.3 Å². The molecule has 0 fully saturated rings. The van der Waals surface area contributed by atoms with Gasteiger partial charge in [0.15, 0.2) is 0 Å². The summed E-state index contributed by atoms with van der Waals surface area (Å²) in [4.78, 5) is 10.4. The van der Waals surface area contributed by atoms with Gasteiger partial charge < -0.3 is 5.73 Å². The highest BCUT2D eigenvalue weighted by atomic mass is 16.2. The maximum Gasteiger partial charge on any atom is 0.332 e. The molecule has 16 heavy (non-hydrogen) atoms. The minimum Gasteiger partial charge on any atom is -0.350 e. The van der Waals surface area contributed by atoms with Gasteiger partial charge in [-0.25, -0.2) is 10.2 Å². The number of urea groups is 1. The molecule has 0 bridgehead atoms. The molecule has 0 unspecified atom stereocenters. The van der Waals surface area contributed by atoms with Gasteiger partial charge in [0, 0.05) is 0 Å². The number of hydrogen-bond acceptors (Lipinski definition) is 2. The van der Waals surface area contributed by atoms with E-state index in [0.717, 1.165) is 5.56 Å². The van der Waals surface area contributed by atoms with Crippen LogP contribution in [0.3, 0.4) is 0 Å². The van der Waals surface area contributed by atoms with Crippen molar-refractivity contribution in [1.29, 1.82) is 0 Å². The number of nitrogens with two attached hydrogens (primary N) is 1. The largest absolute Gasteiger partial charge is 0.350 e. The zero-order valence-electron chi connectivity index (χ0n) is 9.40. The van der Waals surface area contributed by atoms with Gasteiger partial charge in [0.25, 0.3) is 0 Å². The number of carbonyl (C=O) groups is 1. The number of nitrogens with zero attached hydrogens (tertiary/aromatic N) is 1. The van der Waals surface area contributed by atoms with Gasteiger partial charge in [-0.3, -0.25) is 0 Å². The second kappa shape index (κ2) is 5.70. The van der Waals surface area contributed by atoms with Crippen molar-refractivity contribution in [2.45, 2.75) is 13.8 Å². The van der Waals surface area contributed by atoms with E-state index < -0.39 is 6.03 Å². The van der Waals surface area contributed by atoms with Crippen LogP contribution in [0.25, 0.3) is 6.08 Å². The number of primary amides is 1. The van der Waals surface area contributed by atoms with E-state index in [9.17, 15) is 4.79 Å². The van der Waals surface area contributed by atoms with Crippen LogP contribution in [0.2, 0.25) is 0 Å². The molecule has 0 saturated carbocycles. The molecule has 84 valence electrons. The highest BCUT2D eigenvalue weighted by Gasteiger charge is 1.89. The number of aryl methyl sites for hydroxylation is 1. The maximum absolute atomic E-state index is 10.4. The van der Waals surface area contributed by atoms with E-state index in [-0.39, 0.29) is 0 Å². The van der Waals surface area contributed by atoms with Gasteiger partial charge in [0.2, 0.25) is 0 Å². The van der Waals surface area contributed by atoms with Crippen molar-refractivity contribution in [2.75, 3.05) is 0 Å². The van der Waals surface area contributed by atoms with Crippen LogP contribution in [0.5, 0.6) is 0 Å². The molecule has 0 aliphatic carbocycles. The number of benzene rings is 1. The predicted octanol–water partition coefficient (Wildman–Crippen LogP) is 2.05. The van der Waals surface area contributed by atoms with Crippen molar-refractivity contribution >= 4 is 17.8 Å². The molecule has 0 aliphatic heterocycles. The number of rotatable bonds is 3. The van der Waals surface area contributed by atoms with Crippen LogP contribution in [-0.2, 0) is 0 Å². The Balaban J connectivity index is 2.62. The molecule has 4 heteroatoms. The molecule has 4 nitrogen and oxygen atoms in total. The zero-order valence-corrected chi connectivity index (χ0v) is 9.40. The van der Waals surface area contributed by atoms with Crippen molar-refractivity contribution < 1.29 is 4.79 Å². The van der Waals surface area contributed by atoms with E-state index in [0.29, 0.717) is 5.71 Å². The molecule has 1 rings (SSSR count). The third-order valence-corrected chi connectivity index (χ3v) is 1.94. The molecule has 0 radical (unpaired) electrons. The fraction of sp³-hybridized carbons (Fsp3) is 0.167. The molecular formula is C12H15N3O. The fourth-order valence-corrected chi connectivity index (χ4v) is 1.07. The summed E-state index contributed by atoms with van der Waals surface area (Å²) in [5.41, 5.74) is 10.0. The van der Waals surface area contributed by atoms with Gasteiger partial charge in [-0.15, -0.1) is 0 Å². The summed E-state index contributed by atoms with van der Waals surface area (Å²) in [7, 11) is 0. The molecule has 3 N–H and O–H groups in total. The lowest BCUT2D eigenvalue weighted by molar-refractivity contribution is 0.249. The first-order chi connectivity index (χ1) is 7.58. The average molecular weight is 217 g/mol. The van der Waals surface area contributed by atoms with E-state index in [1.54, 1.807) is 13.0 Å². The van der Waals surface area contributed by atoms with Crippen LogP contribution in [0.15, 0.2) is 35.4 Å². The molecule has 0 heterocycles. The molecule has 2 amide bonds. The lowest BCUT2D eigenvalue weighted by Gasteiger charge is -1.96. The molecular weight excluding hydrogens is 202 g/mol. The fourth-order valence-electron chi connectivity index (χ4n) is 1.07. The Morgan fingerprint density at radius 1 is 1.38 bits per heavy atom. The first-order valence-corrected chi connectivity index (χ1v) is 4.92. The van der Waals surface area contributed by atoms with Crippen LogP contribution < -0.4 is 11.2 Å². The number of allylic oxidation sites excluding steroid dienone is 1. The normalized spacial score (nSPS) is 11.8. The highest BCUT2D eigenvalue weighted by molar-refractivity contribution is 5.96. The minimum atomic E-state index is -0.664. The quantitative estimate of drug-likeness (QED) is 0.590. The summed E-state index contributed by atoms with van der Waals surface area (Å²) >= 11 is 0. The number of hydrogen-bond donors (Lipinski definition) is 2. The molecule has 1 aromatic rings. The number of carbonyl (C=O) groups excluding carboxylic acids is 1. The molecule has 0 atom stereocenters. The summed E-state index contributed by atoms with van der Waals surface area (Å²) in [6.07, 6.45) is 3.72. The summed E-state index contributed by atoms with van der Waals surface area (Å²) < 4.78 is 0. The van der Waals surface area contributed by atoms with E-state index in [2.05, 4.69) is 10.5 Å². The van der Waals surface area contributed by atoms with E-state index in [4.69, 9.17) is 5.73 Å². The van der Waals surface area contributed by atoms with Crippen LogP contribution in [0, 0.1) is 6.92 Å². The standard InChI is InChI=1S/C12H15N3O/c1-9-3-6-11(7-4-9)8-5-10(2)14-15-12(13)16/h3-8H,1-2H3,(H3,13,15,16)/b8-5?,14-10+. The Morgan fingerprint density at radius 3 is 2.56 bits per heavy atom. The van der Waals surface area contributed by atoms with Crippen molar-refractivity contribution in [3.8, 4) is 0 Å².